The van der Waals surface area contributed by atoms with Gasteiger partial charge in [0.1, 0.15) is 5.03 Å². The summed E-state index contributed by atoms with van der Waals surface area (Å²) in [6.07, 6.45) is 4.58. The molecule has 1 amide bonds. The Morgan fingerprint density at radius 1 is 1.35 bits per heavy atom. The maximum Gasteiger partial charge on any atom is 0.233 e. The van der Waals surface area contributed by atoms with Crippen LogP contribution in [-0.2, 0) is 4.79 Å². The number of nitrogens with one attached hydrogen (secondary N) is 1. The van der Waals surface area contributed by atoms with Gasteiger partial charge in [0.2, 0.25) is 5.91 Å². The van der Waals surface area contributed by atoms with Crippen molar-refractivity contribution in [2.24, 2.45) is 5.92 Å². The van der Waals surface area contributed by atoms with Crippen LogP contribution in [0.3, 0.4) is 0 Å². The molecule has 0 radical (unpaired) electrons. The van der Waals surface area contributed by atoms with Crippen LogP contribution in [0.4, 0.5) is 0 Å². The lowest BCUT2D eigenvalue weighted by molar-refractivity contribution is -0.121. The van der Waals surface area contributed by atoms with Gasteiger partial charge in [0, 0.05) is 6.04 Å². The Balaban J connectivity index is 1.81. The van der Waals surface area contributed by atoms with E-state index < -0.39 is 0 Å². The van der Waals surface area contributed by atoms with Gasteiger partial charge in [-0.3, -0.25) is 4.79 Å². The van der Waals surface area contributed by atoms with E-state index in [0.29, 0.717) is 16.2 Å². The SMILES string of the molecule is CC1CCC(NC(=O)C(C)Sc2ccc(Cl)nn2)CC1. The molecule has 0 saturated heterocycles. The molecule has 2 rings (SSSR count). The molecular weight excluding hydrogens is 294 g/mol. The first-order valence-electron chi connectivity index (χ1n) is 7.01. The van der Waals surface area contributed by atoms with Crippen molar-refractivity contribution >= 4 is 29.3 Å². The number of nitrogens with zero attached hydrogens (tertiary/aromatic N) is 2. The molecule has 1 fully saturated rings. The lowest BCUT2D eigenvalue weighted by Crippen LogP contribution is -2.41. The highest BCUT2D eigenvalue weighted by molar-refractivity contribution is 8.00. The molecule has 0 aliphatic heterocycles. The molecule has 1 atom stereocenters. The Morgan fingerprint density at radius 3 is 2.65 bits per heavy atom. The molecule has 20 heavy (non-hydrogen) atoms. The minimum atomic E-state index is -0.176. The molecule has 1 aromatic heterocycles. The quantitative estimate of drug-likeness (QED) is 0.867. The number of thioether (sulfide) groups is 1. The fourth-order valence-electron chi connectivity index (χ4n) is 2.32. The summed E-state index contributed by atoms with van der Waals surface area (Å²) in [6.45, 7) is 4.16. The van der Waals surface area contributed by atoms with Crippen LogP contribution in [0.2, 0.25) is 5.15 Å². The van der Waals surface area contributed by atoms with Crippen molar-refractivity contribution in [3.63, 3.8) is 0 Å². The van der Waals surface area contributed by atoms with Crippen LogP contribution in [0.1, 0.15) is 39.5 Å². The summed E-state index contributed by atoms with van der Waals surface area (Å²) in [5, 5.41) is 11.8. The molecule has 1 aliphatic carbocycles. The number of amides is 1. The molecular formula is C14H20ClN3OS. The van der Waals surface area contributed by atoms with E-state index >= 15 is 0 Å². The number of hydrogen-bond acceptors (Lipinski definition) is 4. The Labute approximate surface area is 129 Å². The van der Waals surface area contributed by atoms with Crippen LogP contribution >= 0.6 is 23.4 Å². The minimum absolute atomic E-state index is 0.0753. The van der Waals surface area contributed by atoms with Crippen molar-refractivity contribution < 1.29 is 4.79 Å². The predicted octanol–water partition coefficient (Wildman–Crippen LogP) is 3.31. The summed E-state index contributed by atoms with van der Waals surface area (Å²) in [7, 11) is 0. The molecule has 1 aromatic rings. The predicted molar refractivity (Wildman–Crippen MR) is 81.9 cm³/mol. The highest BCUT2D eigenvalue weighted by Gasteiger charge is 2.22. The summed E-state index contributed by atoms with van der Waals surface area (Å²) in [5.74, 6) is 0.866. The molecule has 1 heterocycles. The summed E-state index contributed by atoms with van der Waals surface area (Å²) >= 11 is 7.09. The molecule has 4 nitrogen and oxygen atoms in total. The number of halogens is 1. The Hall–Kier alpha value is -0.810. The molecule has 1 saturated carbocycles. The molecule has 6 heteroatoms. The Morgan fingerprint density at radius 2 is 2.05 bits per heavy atom. The zero-order chi connectivity index (χ0) is 14.5. The largest absolute Gasteiger partial charge is 0.352 e. The average Bonchev–Trinajstić information content (AvgIpc) is 2.44. The minimum Gasteiger partial charge on any atom is -0.352 e. The van der Waals surface area contributed by atoms with Gasteiger partial charge in [0.25, 0.3) is 0 Å². The van der Waals surface area contributed by atoms with E-state index in [4.69, 9.17) is 11.6 Å². The standard InChI is InChI=1S/C14H20ClN3OS/c1-9-3-5-11(6-4-9)16-14(19)10(2)20-13-8-7-12(15)17-18-13/h7-11H,3-6H2,1-2H3,(H,16,19). The molecule has 1 unspecified atom stereocenters. The van der Waals surface area contributed by atoms with Gasteiger partial charge in [-0.1, -0.05) is 30.3 Å². The second kappa shape index (κ2) is 7.27. The topological polar surface area (TPSA) is 54.9 Å². The third-order valence-corrected chi connectivity index (χ3v) is 4.86. The summed E-state index contributed by atoms with van der Waals surface area (Å²) in [6, 6.07) is 3.80. The molecule has 1 aliphatic rings. The molecule has 0 bridgehead atoms. The summed E-state index contributed by atoms with van der Waals surface area (Å²) in [5.41, 5.74) is 0. The number of carbonyl (C=O) groups is 1. The zero-order valence-electron chi connectivity index (χ0n) is 11.8. The normalized spacial score (nSPS) is 24.1. The van der Waals surface area contributed by atoms with E-state index in [1.54, 1.807) is 12.1 Å². The number of carbonyl (C=O) groups excluding carboxylic acids is 1. The summed E-state index contributed by atoms with van der Waals surface area (Å²) < 4.78 is 0. The van der Waals surface area contributed by atoms with Crippen LogP contribution in [0, 0.1) is 5.92 Å². The lowest BCUT2D eigenvalue weighted by atomic mass is 9.87. The molecule has 0 aromatic carbocycles. The van der Waals surface area contributed by atoms with Crippen LogP contribution in [0.25, 0.3) is 0 Å². The first-order chi connectivity index (χ1) is 9.54. The van der Waals surface area contributed by atoms with E-state index in [2.05, 4.69) is 22.4 Å². The fourth-order valence-corrected chi connectivity index (χ4v) is 3.20. The zero-order valence-corrected chi connectivity index (χ0v) is 13.4. The number of aromatic nitrogens is 2. The average molecular weight is 314 g/mol. The Bertz CT molecular complexity index is 446. The molecule has 0 spiro atoms. The second-order valence-electron chi connectivity index (χ2n) is 5.42. The van der Waals surface area contributed by atoms with Gasteiger partial charge in [0.15, 0.2) is 5.15 Å². The van der Waals surface area contributed by atoms with E-state index in [0.717, 1.165) is 18.8 Å². The fraction of sp³-hybridized carbons (Fsp3) is 0.643. The molecule has 1 N–H and O–H groups in total. The van der Waals surface area contributed by atoms with Gasteiger partial charge in [-0.05, 0) is 50.7 Å². The van der Waals surface area contributed by atoms with E-state index in [1.807, 2.05) is 6.92 Å². The van der Waals surface area contributed by atoms with E-state index in [9.17, 15) is 4.79 Å². The first-order valence-corrected chi connectivity index (χ1v) is 8.26. The monoisotopic (exact) mass is 313 g/mol. The maximum atomic E-state index is 12.2. The van der Waals surface area contributed by atoms with Crippen molar-refractivity contribution in [3.8, 4) is 0 Å². The molecule has 110 valence electrons. The van der Waals surface area contributed by atoms with Crippen LogP contribution in [0.5, 0.6) is 0 Å². The van der Waals surface area contributed by atoms with Gasteiger partial charge in [0.05, 0.1) is 5.25 Å². The van der Waals surface area contributed by atoms with Gasteiger partial charge in [-0.15, -0.1) is 10.2 Å². The maximum absolute atomic E-state index is 12.2. The first kappa shape index (κ1) is 15.6. The van der Waals surface area contributed by atoms with Crippen molar-refractivity contribution in [1.82, 2.24) is 15.5 Å². The van der Waals surface area contributed by atoms with Crippen LogP contribution in [0.15, 0.2) is 17.2 Å². The Kier molecular flexibility index (Phi) is 5.66. The number of rotatable bonds is 4. The van der Waals surface area contributed by atoms with E-state index in [1.165, 1.54) is 24.6 Å². The lowest BCUT2D eigenvalue weighted by Gasteiger charge is -2.27. The third-order valence-electron chi connectivity index (χ3n) is 3.64. The van der Waals surface area contributed by atoms with Gasteiger partial charge in [-0.25, -0.2) is 0 Å². The van der Waals surface area contributed by atoms with E-state index in [-0.39, 0.29) is 11.2 Å². The third kappa shape index (κ3) is 4.63. The highest BCUT2D eigenvalue weighted by atomic mass is 35.5. The smallest absolute Gasteiger partial charge is 0.233 e. The van der Waals surface area contributed by atoms with Gasteiger partial charge >= 0.3 is 0 Å². The van der Waals surface area contributed by atoms with Gasteiger partial charge < -0.3 is 5.32 Å². The van der Waals surface area contributed by atoms with Crippen LogP contribution < -0.4 is 5.32 Å². The van der Waals surface area contributed by atoms with Crippen LogP contribution in [-0.4, -0.2) is 27.4 Å². The van der Waals surface area contributed by atoms with Crippen molar-refractivity contribution in [1.29, 1.82) is 0 Å². The van der Waals surface area contributed by atoms with Crippen molar-refractivity contribution in [3.05, 3.63) is 17.3 Å². The number of hydrogen-bond donors (Lipinski definition) is 1. The van der Waals surface area contributed by atoms with Crippen molar-refractivity contribution in [2.45, 2.75) is 55.8 Å². The van der Waals surface area contributed by atoms with Gasteiger partial charge in [-0.2, -0.15) is 0 Å². The van der Waals surface area contributed by atoms with Crippen molar-refractivity contribution in [2.75, 3.05) is 0 Å². The highest BCUT2D eigenvalue weighted by Crippen LogP contribution is 2.25. The summed E-state index contributed by atoms with van der Waals surface area (Å²) in [4.78, 5) is 12.2. The second-order valence-corrected chi connectivity index (χ2v) is 7.17.